The van der Waals surface area contributed by atoms with Gasteiger partial charge in [0.1, 0.15) is 0 Å². The van der Waals surface area contributed by atoms with E-state index >= 15 is 0 Å². The number of carbonyl (C=O) groups excluding carboxylic acids is 1. The highest BCUT2D eigenvalue weighted by Crippen LogP contribution is 2.19. The van der Waals surface area contributed by atoms with Crippen molar-refractivity contribution in [2.24, 2.45) is 5.73 Å². The molecule has 6 heteroatoms. The summed E-state index contributed by atoms with van der Waals surface area (Å²) in [5.41, 5.74) is 7.00. The van der Waals surface area contributed by atoms with E-state index in [9.17, 15) is 13.2 Å². The molecule has 0 spiro atoms. The van der Waals surface area contributed by atoms with Gasteiger partial charge in [0, 0.05) is 12.1 Å². The van der Waals surface area contributed by atoms with Crippen molar-refractivity contribution in [3.63, 3.8) is 0 Å². The minimum atomic E-state index is -3.02. The van der Waals surface area contributed by atoms with Gasteiger partial charge in [-0.1, -0.05) is 18.2 Å². The van der Waals surface area contributed by atoms with Gasteiger partial charge in [0.2, 0.25) is 0 Å². The third-order valence-corrected chi connectivity index (χ3v) is 5.90. The van der Waals surface area contributed by atoms with E-state index in [2.05, 4.69) is 5.32 Å². The van der Waals surface area contributed by atoms with Crippen molar-refractivity contribution >= 4 is 15.7 Å². The third-order valence-electron chi connectivity index (χ3n) is 3.63. The van der Waals surface area contributed by atoms with Crippen molar-refractivity contribution in [3.05, 3.63) is 35.4 Å². The predicted octanol–water partition coefficient (Wildman–Crippen LogP) is 0.495. The van der Waals surface area contributed by atoms with Crippen LogP contribution in [0.25, 0.3) is 0 Å². The Balaban J connectivity index is 2.02. The Labute approximate surface area is 119 Å². The Bertz CT molecular complexity index is 584. The first kappa shape index (κ1) is 15.0. The molecule has 1 saturated heterocycles. The number of benzene rings is 1. The van der Waals surface area contributed by atoms with Crippen LogP contribution in [-0.4, -0.2) is 38.4 Å². The fraction of sp³-hybridized carbons (Fsp3) is 0.500. The van der Waals surface area contributed by atoms with E-state index in [1.807, 2.05) is 12.1 Å². The fourth-order valence-corrected chi connectivity index (χ4v) is 4.27. The summed E-state index contributed by atoms with van der Waals surface area (Å²) in [4.78, 5) is 12.2. The van der Waals surface area contributed by atoms with Gasteiger partial charge in [-0.05, 0) is 37.4 Å². The van der Waals surface area contributed by atoms with Gasteiger partial charge in [-0.15, -0.1) is 0 Å². The molecule has 1 heterocycles. The number of rotatable bonds is 5. The zero-order chi connectivity index (χ0) is 14.6. The third kappa shape index (κ3) is 3.37. The summed E-state index contributed by atoms with van der Waals surface area (Å²) in [5, 5.41) is 2.30. The van der Waals surface area contributed by atoms with Crippen molar-refractivity contribution in [2.45, 2.75) is 24.5 Å². The zero-order valence-corrected chi connectivity index (χ0v) is 12.2. The second-order valence-corrected chi connectivity index (χ2v) is 7.44. The number of hydrogen-bond donors (Lipinski definition) is 2. The van der Waals surface area contributed by atoms with Crippen LogP contribution >= 0.6 is 0 Å². The first-order valence-electron chi connectivity index (χ1n) is 6.82. The minimum absolute atomic E-state index is 0.193. The Kier molecular flexibility index (Phi) is 4.77. The maximum absolute atomic E-state index is 12.2. The van der Waals surface area contributed by atoms with Gasteiger partial charge in [0.05, 0.1) is 11.0 Å². The van der Waals surface area contributed by atoms with Crippen LogP contribution < -0.4 is 11.1 Å². The van der Waals surface area contributed by atoms with Crippen LogP contribution in [0.2, 0.25) is 0 Å². The molecule has 2 rings (SSSR count). The number of amides is 1. The van der Waals surface area contributed by atoms with E-state index in [1.165, 1.54) is 0 Å². The SMILES string of the molecule is NCCc1ccccc1C(=O)NCC1CCCS1(=O)=O. The summed E-state index contributed by atoms with van der Waals surface area (Å²) in [6.07, 6.45) is 1.95. The molecule has 0 bridgehead atoms. The van der Waals surface area contributed by atoms with Crippen LogP contribution in [0.4, 0.5) is 0 Å². The smallest absolute Gasteiger partial charge is 0.251 e. The summed E-state index contributed by atoms with van der Waals surface area (Å²) in [6.45, 7) is 0.666. The monoisotopic (exact) mass is 296 g/mol. The second kappa shape index (κ2) is 6.37. The maximum atomic E-state index is 12.2. The fourth-order valence-electron chi connectivity index (χ4n) is 2.50. The van der Waals surface area contributed by atoms with E-state index in [-0.39, 0.29) is 18.2 Å². The van der Waals surface area contributed by atoms with Crippen LogP contribution in [0.1, 0.15) is 28.8 Å². The van der Waals surface area contributed by atoms with Crippen molar-refractivity contribution in [2.75, 3.05) is 18.8 Å². The lowest BCUT2D eigenvalue weighted by Crippen LogP contribution is -2.35. The van der Waals surface area contributed by atoms with Gasteiger partial charge in [-0.3, -0.25) is 4.79 Å². The topological polar surface area (TPSA) is 89.3 Å². The van der Waals surface area contributed by atoms with Crippen LogP contribution in [-0.2, 0) is 16.3 Å². The van der Waals surface area contributed by atoms with Crippen molar-refractivity contribution in [3.8, 4) is 0 Å². The minimum Gasteiger partial charge on any atom is -0.351 e. The molecular weight excluding hydrogens is 276 g/mol. The maximum Gasteiger partial charge on any atom is 0.251 e. The van der Waals surface area contributed by atoms with Crippen molar-refractivity contribution in [1.29, 1.82) is 0 Å². The standard InChI is InChI=1S/C14H20N2O3S/c15-8-7-11-4-1-2-6-13(11)14(17)16-10-12-5-3-9-20(12,18)19/h1-2,4,6,12H,3,5,7-10,15H2,(H,16,17). The average Bonchev–Trinajstić information content (AvgIpc) is 2.76. The summed E-state index contributed by atoms with van der Waals surface area (Å²) >= 11 is 0. The van der Waals surface area contributed by atoms with Crippen LogP contribution in [0.3, 0.4) is 0 Å². The van der Waals surface area contributed by atoms with Gasteiger partial charge in [-0.25, -0.2) is 8.42 Å². The molecule has 110 valence electrons. The van der Waals surface area contributed by atoms with Gasteiger partial charge in [0.15, 0.2) is 9.84 Å². The number of hydrogen-bond acceptors (Lipinski definition) is 4. The van der Waals surface area contributed by atoms with E-state index in [0.717, 1.165) is 5.56 Å². The molecule has 1 fully saturated rings. The highest BCUT2D eigenvalue weighted by atomic mass is 32.2. The number of sulfone groups is 1. The summed E-state index contributed by atoms with van der Waals surface area (Å²) < 4.78 is 23.4. The summed E-state index contributed by atoms with van der Waals surface area (Å²) in [5.74, 6) is 0.00764. The van der Waals surface area contributed by atoms with Gasteiger partial charge in [-0.2, -0.15) is 0 Å². The Morgan fingerprint density at radius 3 is 2.75 bits per heavy atom. The summed E-state index contributed by atoms with van der Waals surface area (Å²) in [7, 11) is -3.02. The predicted molar refractivity (Wildman–Crippen MR) is 78.3 cm³/mol. The van der Waals surface area contributed by atoms with Crippen LogP contribution in [0.15, 0.2) is 24.3 Å². The van der Waals surface area contributed by atoms with E-state index in [0.29, 0.717) is 31.4 Å². The van der Waals surface area contributed by atoms with Crippen LogP contribution in [0, 0.1) is 0 Å². The Morgan fingerprint density at radius 1 is 1.35 bits per heavy atom. The Hall–Kier alpha value is -1.40. The van der Waals surface area contributed by atoms with Gasteiger partial charge in [0.25, 0.3) is 5.91 Å². The molecule has 1 aromatic rings. The van der Waals surface area contributed by atoms with Crippen molar-refractivity contribution in [1.82, 2.24) is 5.32 Å². The number of nitrogens with two attached hydrogens (primary N) is 1. The quantitative estimate of drug-likeness (QED) is 0.828. The first-order chi connectivity index (χ1) is 9.54. The average molecular weight is 296 g/mol. The molecular formula is C14H20N2O3S. The molecule has 20 heavy (non-hydrogen) atoms. The molecule has 5 nitrogen and oxygen atoms in total. The second-order valence-electron chi connectivity index (χ2n) is 5.04. The molecule has 0 saturated carbocycles. The molecule has 0 aromatic heterocycles. The van der Waals surface area contributed by atoms with Gasteiger partial charge >= 0.3 is 0 Å². The molecule has 3 N–H and O–H groups in total. The zero-order valence-electron chi connectivity index (χ0n) is 11.3. The molecule has 0 aliphatic carbocycles. The molecule has 0 radical (unpaired) electrons. The molecule has 1 atom stereocenters. The Morgan fingerprint density at radius 2 is 2.10 bits per heavy atom. The number of carbonyl (C=O) groups is 1. The normalized spacial score (nSPS) is 20.8. The lowest BCUT2D eigenvalue weighted by atomic mass is 10.0. The largest absolute Gasteiger partial charge is 0.351 e. The molecule has 1 aliphatic rings. The molecule has 1 unspecified atom stereocenters. The highest BCUT2D eigenvalue weighted by molar-refractivity contribution is 7.92. The van der Waals surface area contributed by atoms with Crippen molar-refractivity contribution < 1.29 is 13.2 Å². The van der Waals surface area contributed by atoms with E-state index in [4.69, 9.17) is 5.73 Å². The van der Waals surface area contributed by atoms with Gasteiger partial charge < -0.3 is 11.1 Å². The van der Waals surface area contributed by atoms with Crippen LogP contribution in [0.5, 0.6) is 0 Å². The lowest BCUT2D eigenvalue weighted by Gasteiger charge is -2.12. The molecule has 1 aliphatic heterocycles. The van der Waals surface area contributed by atoms with E-state index < -0.39 is 15.1 Å². The summed E-state index contributed by atoms with van der Waals surface area (Å²) in [6, 6.07) is 7.27. The lowest BCUT2D eigenvalue weighted by molar-refractivity contribution is 0.0952. The van der Waals surface area contributed by atoms with E-state index in [1.54, 1.807) is 12.1 Å². The molecule has 1 aromatic carbocycles. The molecule has 1 amide bonds. The number of nitrogens with one attached hydrogen (secondary N) is 1. The first-order valence-corrected chi connectivity index (χ1v) is 8.54. The highest BCUT2D eigenvalue weighted by Gasteiger charge is 2.31.